The maximum absolute atomic E-state index is 13.6. The van der Waals surface area contributed by atoms with Crippen molar-refractivity contribution < 1.29 is 28.6 Å². The lowest BCUT2D eigenvalue weighted by Crippen LogP contribution is -2.45. The average molecular weight is 500 g/mol. The summed E-state index contributed by atoms with van der Waals surface area (Å²) in [5.41, 5.74) is 1.41. The van der Waals surface area contributed by atoms with Crippen LogP contribution in [-0.2, 0) is 31.2 Å². The second-order valence-electron chi connectivity index (χ2n) is 9.48. The van der Waals surface area contributed by atoms with Gasteiger partial charge < -0.3 is 14.2 Å². The van der Waals surface area contributed by atoms with Gasteiger partial charge in [-0.3, -0.25) is 9.59 Å². The van der Waals surface area contributed by atoms with Gasteiger partial charge in [0.25, 0.3) is 0 Å². The minimum Gasteiger partial charge on any atom is -0.497 e. The van der Waals surface area contributed by atoms with E-state index in [4.69, 9.17) is 14.2 Å². The van der Waals surface area contributed by atoms with Gasteiger partial charge in [-0.25, -0.2) is 9.69 Å². The molecule has 2 aromatic carbocycles. The average Bonchev–Trinajstić information content (AvgIpc) is 3.17. The van der Waals surface area contributed by atoms with Crippen molar-refractivity contribution in [3.63, 3.8) is 0 Å². The predicted octanol–water partition coefficient (Wildman–Crippen LogP) is 4.87. The van der Waals surface area contributed by atoms with E-state index in [1.54, 1.807) is 27.9 Å². The molecule has 2 atom stereocenters. The van der Waals surface area contributed by atoms with Gasteiger partial charge in [0.15, 0.2) is 0 Å². The lowest BCUT2D eigenvalue weighted by Gasteiger charge is -2.26. The molecule has 0 aromatic heterocycles. The first-order valence-electron chi connectivity index (χ1n) is 11.6. The maximum Gasteiger partial charge on any atom is 0.416 e. The van der Waals surface area contributed by atoms with Crippen LogP contribution >= 0.6 is 11.8 Å². The van der Waals surface area contributed by atoms with Gasteiger partial charge in [-0.15, -0.1) is 0 Å². The molecule has 188 valence electrons. The lowest BCUT2D eigenvalue weighted by molar-refractivity contribution is -0.157. The summed E-state index contributed by atoms with van der Waals surface area (Å²) in [5.74, 6) is 0.215. The summed E-state index contributed by atoms with van der Waals surface area (Å²) in [6, 6.07) is 16.9. The van der Waals surface area contributed by atoms with Gasteiger partial charge in [0.05, 0.1) is 25.5 Å². The third-order valence-corrected chi connectivity index (χ3v) is 6.62. The Bertz CT molecular complexity index is 1000. The second kappa shape index (κ2) is 12.1. The Morgan fingerprint density at radius 2 is 1.77 bits per heavy atom. The van der Waals surface area contributed by atoms with Crippen molar-refractivity contribution in [2.24, 2.45) is 5.92 Å². The van der Waals surface area contributed by atoms with Crippen LogP contribution in [0, 0.1) is 5.92 Å². The number of ether oxygens (including phenoxy) is 3. The SMILES string of the molecule is COc1ccc(CSC[C@H](CC(=O)OC(C)(C)C)C(=O)N2C(=O)OC[C@@H]2Cc2ccccc2)cc1. The van der Waals surface area contributed by atoms with Crippen LogP contribution in [0.1, 0.15) is 38.3 Å². The fourth-order valence-electron chi connectivity index (χ4n) is 3.81. The molecule has 0 bridgehead atoms. The van der Waals surface area contributed by atoms with Crippen molar-refractivity contribution in [1.29, 1.82) is 0 Å². The summed E-state index contributed by atoms with van der Waals surface area (Å²) in [6.07, 6.45) is -0.269. The number of hydrogen-bond donors (Lipinski definition) is 0. The normalized spacial score (nSPS) is 16.5. The number of hydrogen-bond acceptors (Lipinski definition) is 7. The van der Waals surface area contributed by atoms with Crippen LogP contribution in [0.5, 0.6) is 5.75 Å². The molecule has 2 aromatic rings. The molecule has 0 radical (unpaired) electrons. The Balaban J connectivity index is 1.71. The van der Waals surface area contributed by atoms with Gasteiger partial charge in [0.1, 0.15) is 18.0 Å². The number of benzene rings is 2. The molecule has 0 N–H and O–H groups in total. The van der Waals surface area contributed by atoms with Crippen molar-refractivity contribution >= 4 is 29.7 Å². The van der Waals surface area contributed by atoms with E-state index < -0.39 is 35.5 Å². The summed E-state index contributed by atoms with van der Waals surface area (Å²) in [6.45, 7) is 5.49. The second-order valence-corrected chi connectivity index (χ2v) is 10.5. The molecule has 0 unspecified atom stereocenters. The van der Waals surface area contributed by atoms with Crippen molar-refractivity contribution in [2.45, 2.75) is 51.0 Å². The van der Waals surface area contributed by atoms with Crippen LogP contribution < -0.4 is 4.74 Å². The number of amides is 2. The highest BCUT2D eigenvalue weighted by atomic mass is 32.2. The first-order chi connectivity index (χ1) is 16.7. The number of nitrogens with zero attached hydrogens (tertiary/aromatic N) is 1. The van der Waals surface area contributed by atoms with Gasteiger partial charge in [0.2, 0.25) is 5.91 Å². The van der Waals surface area contributed by atoms with Crippen LogP contribution in [0.2, 0.25) is 0 Å². The molecule has 2 amide bonds. The number of methoxy groups -OCH3 is 1. The van der Waals surface area contributed by atoms with Crippen LogP contribution in [0.4, 0.5) is 4.79 Å². The minimum absolute atomic E-state index is 0.104. The van der Waals surface area contributed by atoms with E-state index in [-0.39, 0.29) is 13.0 Å². The molecule has 3 rings (SSSR count). The van der Waals surface area contributed by atoms with Gasteiger partial charge in [-0.1, -0.05) is 42.5 Å². The topological polar surface area (TPSA) is 82.1 Å². The van der Waals surface area contributed by atoms with Crippen molar-refractivity contribution in [3.8, 4) is 5.75 Å². The fourth-order valence-corrected chi connectivity index (χ4v) is 4.90. The molecular formula is C27H33NO6S. The largest absolute Gasteiger partial charge is 0.497 e. The van der Waals surface area contributed by atoms with Crippen LogP contribution in [0.15, 0.2) is 54.6 Å². The zero-order chi connectivity index (χ0) is 25.4. The highest BCUT2D eigenvalue weighted by Gasteiger charge is 2.41. The van der Waals surface area contributed by atoms with Gasteiger partial charge in [0, 0.05) is 11.5 Å². The number of carbonyl (C=O) groups excluding carboxylic acids is 3. The number of esters is 1. The Morgan fingerprint density at radius 3 is 2.40 bits per heavy atom. The highest BCUT2D eigenvalue weighted by Crippen LogP contribution is 2.26. The maximum atomic E-state index is 13.6. The molecule has 1 saturated heterocycles. The smallest absolute Gasteiger partial charge is 0.416 e. The Kier molecular flexibility index (Phi) is 9.20. The number of cyclic esters (lactones) is 1. The third-order valence-electron chi connectivity index (χ3n) is 5.44. The van der Waals surface area contributed by atoms with Gasteiger partial charge >= 0.3 is 12.1 Å². The molecule has 1 aliphatic rings. The fraction of sp³-hybridized carbons (Fsp3) is 0.444. The Labute approximate surface area is 211 Å². The third kappa shape index (κ3) is 8.02. The van der Waals surface area contributed by atoms with E-state index in [9.17, 15) is 14.4 Å². The molecule has 7 nitrogen and oxygen atoms in total. The van der Waals surface area contributed by atoms with E-state index in [2.05, 4.69) is 0 Å². The predicted molar refractivity (Wildman–Crippen MR) is 135 cm³/mol. The van der Waals surface area contributed by atoms with Crippen molar-refractivity contribution in [1.82, 2.24) is 4.90 Å². The first-order valence-corrected chi connectivity index (χ1v) is 12.8. The molecule has 35 heavy (non-hydrogen) atoms. The van der Waals surface area contributed by atoms with E-state index in [1.807, 2.05) is 54.6 Å². The summed E-state index contributed by atoms with van der Waals surface area (Å²) in [7, 11) is 1.62. The zero-order valence-electron chi connectivity index (χ0n) is 20.7. The molecule has 0 aliphatic carbocycles. The number of carbonyl (C=O) groups is 3. The van der Waals surface area contributed by atoms with E-state index in [0.717, 1.165) is 16.9 Å². The van der Waals surface area contributed by atoms with E-state index in [0.29, 0.717) is 17.9 Å². The highest BCUT2D eigenvalue weighted by molar-refractivity contribution is 7.98. The van der Waals surface area contributed by atoms with Gasteiger partial charge in [-0.05, 0) is 50.5 Å². The standard InChI is InChI=1S/C27H33NO6S/c1-27(2,3)34-24(29)15-21(18-35-17-20-10-12-23(32-4)13-11-20)25(30)28-22(16-33-26(28)31)14-19-8-6-5-7-9-19/h5-13,21-22H,14-18H2,1-4H3/t21-,22-/m0/s1. The molecule has 0 saturated carbocycles. The monoisotopic (exact) mass is 499 g/mol. The molecule has 0 spiro atoms. The number of imide groups is 1. The van der Waals surface area contributed by atoms with E-state index >= 15 is 0 Å². The first kappa shape index (κ1) is 26.6. The summed E-state index contributed by atoms with van der Waals surface area (Å²) in [4.78, 5) is 39.9. The minimum atomic E-state index is -0.711. The summed E-state index contributed by atoms with van der Waals surface area (Å²) >= 11 is 1.53. The molecule has 1 aliphatic heterocycles. The van der Waals surface area contributed by atoms with Crippen LogP contribution in [0.3, 0.4) is 0 Å². The molecule has 1 fully saturated rings. The van der Waals surface area contributed by atoms with Crippen LogP contribution in [-0.4, -0.2) is 54.0 Å². The molecular weight excluding hydrogens is 466 g/mol. The summed E-state index contributed by atoms with van der Waals surface area (Å²) < 4.78 is 15.9. The Hall–Kier alpha value is -3.00. The quantitative estimate of drug-likeness (QED) is 0.432. The zero-order valence-corrected chi connectivity index (χ0v) is 21.5. The Morgan fingerprint density at radius 1 is 1.09 bits per heavy atom. The van der Waals surface area contributed by atoms with Gasteiger partial charge in [-0.2, -0.15) is 11.8 Å². The molecule has 8 heteroatoms. The van der Waals surface area contributed by atoms with Crippen molar-refractivity contribution in [3.05, 3.63) is 65.7 Å². The summed E-state index contributed by atoms with van der Waals surface area (Å²) in [5, 5.41) is 0. The molecule has 1 heterocycles. The lowest BCUT2D eigenvalue weighted by atomic mass is 10.0. The number of rotatable bonds is 10. The van der Waals surface area contributed by atoms with Crippen LogP contribution in [0.25, 0.3) is 0 Å². The van der Waals surface area contributed by atoms with E-state index in [1.165, 1.54) is 16.7 Å². The number of thioether (sulfide) groups is 1. The van der Waals surface area contributed by atoms with Crippen molar-refractivity contribution in [2.75, 3.05) is 19.5 Å².